The maximum atomic E-state index is 11.6. The number of aliphatic imine (C=N–C) groups is 1. The summed E-state index contributed by atoms with van der Waals surface area (Å²) in [4.78, 5) is 18.2. The molecule has 0 bridgehead atoms. The predicted molar refractivity (Wildman–Crippen MR) is 60.9 cm³/mol. The zero-order chi connectivity index (χ0) is 11.1. The lowest BCUT2D eigenvalue weighted by molar-refractivity contribution is -0.123. The SMILES string of the molecule is NC(=NC1CC1)N1CCCC2C(=O)NCC21. The molecule has 16 heavy (non-hydrogen) atoms. The fraction of sp³-hybridized carbons (Fsp3) is 0.818. The standard InChI is InChI=1S/C11H18N4O/c12-11(14-7-3-4-7)15-5-1-2-8-9(15)6-13-10(8)16/h7-9H,1-6H2,(H2,12,14)(H,13,16). The number of carbonyl (C=O) groups excluding carboxylic acids is 1. The average molecular weight is 222 g/mol. The summed E-state index contributed by atoms with van der Waals surface area (Å²) < 4.78 is 0. The molecule has 2 atom stereocenters. The van der Waals surface area contributed by atoms with E-state index in [1.807, 2.05) is 0 Å². The quantitative estimate of drug-likeness (QED) is 0.471. The van der Waals surface area contributed by atoms with Crippen molar-refractivity contribution in [2.75, 3.05) is 13.1 Å². The van der Waals surface area contributed by atoms with Gasteiger partial charge in [-0.3, -0.25) is 4.79 Å². The van der Waals surface area contributed by atoms with Crippen molar-refractivity contribution in [1.29, 1.82) is 0 Å². The number of hydrogen-bond acceptors (Lipinski definition) is 2. The fourth-order valence-corrected chi connectivity index (χ4v) is 2.70. The van der Waals surface area contributed by atoms with Gasteiger partial charge >= 0.3 is 0 Å². The Morgan fingerprint density at radius 3 is 3.00 bits per heavy atom. The normalized spacial score (nSPS) is 34.9. The number of likely N-dealkylation sites (tertiary alicyclic amines) is 1. The van der Waals surface area contributed by atoms with Crippen LogP contribution in [0.4, 0.5) is 0 Å². The van der Waals surface area contributed by atoms with Crippen molar-refractivity contribution >= 4 is 11.9 Å². The van der Waals surface area contributed by atoms with Crippen molar-refractivity contribution in [2.24, 2.45) is 16.6 Å². The van der Waals surface area contributed by atoms with Crippen molar-refractivity contribution in [3.8, 4) is 0 Å². The van der Waals surface area contributed by atoms with Gasteiger partial charge in [-0.2, -0.15) is 0 Å². The first-order valence-electron chi connectivity index (χ1n) is 6.13. The van der Waals surface area contributed by atoms with Crippen LogP contribution in [0.25, 0.3) is 0 Å². The molecular weight excluding hydrogens is 204 g/mol. The molecule has 2 saturated heterocycles. The van der Waals surface area contributed by atoms with Gasteiger partial charge in [-0.15, -0.1) is 0 Å². The van der Waals surface area contributed by atoms with Crippen LogP contribution in [0, 0.1) is 5.92 Å². The topological polar surface area (TPSA) is 70.7 Å². The summed E-state index contributed by atoms with van der Waals surface area (Å²) in [5.74, 6) is 0.962. The van der Waals surface area contributed by atoms with Crippen molar-refractivity contribution in [3.63, 3.8) is 0 Å². The number of guanidine groups is 1. The summed E-state index contributed by atoms with van der Waals surface area (Å²) in [6.45, 7) is 1.67. The average Bonchev–Trinajstić information content (AvgIpc) is 3.02. The maximum absolute atomic E-state index is 11.6. The van der Waals surface area contributed by atoms with Gasteiger partial charge in [-0.25, -0.2) is 4.99 Å². The monoisotopic (exact) mass is 222 g/mol. The molecular formula is C11H18N4O. The molecule has 0 aromatic heterocycles. The molecule has 2 unspecified atom stereocenters. The second-order valence-electron chi connectivity index (χ2n) is 4.97. The highest BCUT2D eigenvalue weighted by Gasteiger charge is 2.41. The van der Waals surface area contributed by atoms with E-state index in [-0.39, 0.29) is 17.9 Å². The molecule has 3 N–H and O–H groups in total. The molecule has 3 aliphatic rings. The third-order valence-corrected chi connectivity index (χ3v) is 3.76. The number of nitrogens with one attached hydrogen (secondary N) is 1. The first kappa shape index (κ1) is 9.93. The van der Waals surface area contributed by atoms with Crippen LogP contribution in [0.1, 0.15) is 25.7 Å². The van der Waals surface area contributed by atoms with Crippen LogP contribution in [0.3, 0.4) is 0 Å². The van der Waals surface area contributed by atoms with Crippen LogP contribution < -0.4 is 11.1 Å². The Hall–Kier alpha value is -1.26. The van der Waals surface area contributed by atoms with Gasteiger partial charge in [0.15, 0.2) is 5.96 Å². The molecule has 1 aliphatic carbocycles. The molecule has 3 rings (SSSR count). The second-order valence-corrected chi connectivity index (χ2v) is 4.97. The van der Waals surface area contributed by atoms with Gasteiger partial charge in [0.05, 0.1) is 18.0 Å². The Balaban J connectivity index is 1.76. The van der Waals surface area contributed by atoms with Crippen molar-refractivity contribution in [3.05, 3.63) is 0 Å². The molecule has 0 aromatic rings. The number of amides is 1. The lowest BCUT2D eigenvalue weighted by Crippen LogP contribution is -2.51. The van der Waals surface area contributed by atoms with E-state index in [0.717, 1.165) is 25.9 Å². The highest BCUT2D eigenvalue weighted by Crippen LogP contribution is 2.28. The molecule has 5 heteroatoms. The van der Waals surface area contributed by atoms with Crippen LogP contribution in [0.2, 0.25) is 0 Å². The van der Waals surface area contributed by atoms with Gasteiger partial charge < -0.3 is 16.0 Å². The lowest BCUT2D eigenvalue weighted by atomic mass is 9.92. The van der Waals surface area contributed by atoms with Gasteiger partial charge in [-0.05, 0) is 25.7 Å². The van der Waals surface area contributed by atoms with Crippen molar-refractivity contribution in [2.45, 2.75) is 37.8 Å². The minimum Gasteiger partial charge on any atom is -0.370 e. The first-order valence-corrected chi connectivity index (χ1v) is 6.13. The summed E-state index contributed by atoms with van der Waals surface area (Å²) in [6.07, 6.45) is 4.36. The van der Waals surface area contributed by atoms with Gasteiger partial charge in [0.25, 0.3) is 0 Å². The molecule has 5 nitrogen and oxygen atoms in total. The van der Waals surface area contributed by atoms with Crippen LogP contribution in [-0.4, -0.2) is 41.9 Å². The van der Waals surface area contributed by atoms with E-state index >= 15 is 0 Å². The van der Waals surface area contributed by atoms with Gasteiger partial charge in [0, 0.05) is 13.1 Å². The molecule has 0 radical (unpaired) electrons. The van der Waals surface area contributed by atoms with Crippen LogP contribution in [0.5, 0.6) is 0 Å². The van der Waals surface area contributed by atoms with E-state index in [9.17, 15) is 4.79 Å². The third kappa shape index (κ3) is 1.64. The zero-order valence-corrected chi connectivity index (χ0v) is 9.35. The van der Waals surface area contributed by atoms with Crippen LogP contribution in [-0.2, 0) is 4.79 Å². The number of fused-ring (bicyclic) bond motifs is 1. The van der Waals surface area contributed by atoms with E-state index in [1.54, 1.807) is 0 Å². The molecule has 3 fully saturated rings. The fourth-order valence-electron chi connectivity index (χ4n) is 2.70. The second kappa shape index (κ2) is 3.64. The molecule has 2 heterocycles. The minimum absolute atomic E-state index is 0.127. The first-order chi connectivity index (χ1) is 7.75. The zero-order valence-electron chi connectivity index (χ0n) is 9.35. The van der Waals surface area contributed by atoms with E-state index in [4.69, 9.17) is 5.73 Å². The van der Waals surface area contributed by atoms with Gasteiger partial charge in [0.1, 0.15) is 0 Å². The molecule has 88 valence electrons. The molecule has 1 saturated carbocycles. The maximum Gasteiger partial charge on any atom is 0.225 e. The number of rotatable bonds is 1. The number of nitrogens with two attached hydrogens (primary N) is 1. The molecule has 0 aromatic carbocycles. The molecule has 0 spiro atoms. The van der Waals surface area contributed by atoms with E-state index < -0.39 is 0 Å². The largest absolute Gasteiger partial charge is 0.370 e. The minimum atomic E-state index is 0.127. The summed E-state index contributed by atoms with van der Waals surface area (Å²) in [6, 6.07) is 0.689. The summed E-state index contributed by atoms with van der Waals surface area (Å²) >= 11 is 0. The summed E-state index contributed by atoms with van der Waals surface area (Å²) in [5.41, 5.74) is 6.03. The Kier molecular flexibility index (Phi) is 2.26. The number of hydrogen-bond donors (Lipinski definition) is 2. The smallest absolute Gasteiger partial charge is 0.225 e. The number of carbonyl (C=O) groups is 1. The molecule has 2 aliphatic heterocycles. The Morgan fingerprint density at radius 1 is 1.44 bits per heavy atom. The van der Waals surface area contributed by atoms with Crippen LogP contribution in [0.15, 0.2) is 4.99 Å². The predicted octanol–water partition coefficient (Wildman–Crippen LogP) is -0.326. The van der Waals surface area contributed by atoms with E-state index in [1.165, 1.54) is 12.8 Å². The van der Waals surface area contributed by atoms with E-state index in [2.05, 4.69) is 15.2 Å². The Morgan fingerprint density at radius 2 is 2.25 bits per heavy atom. The van der Waals surface area contributed by atoms with Gasteiger partial charge in [-0.1, -0.05) is 0 Å². The lowest BCUT2D eigenvalue weighted by Gasteiger charge is -2.36. The Labute approximate surface area is 95.1 Å². The third-order valence-electron chi connectivity index (χ3n) is 3.76. The number of piperidine rings is 1. The van der Waals surface area contributed by atoms with Gasteiger partial charge in [0.2, 0.25) is 5.91 Å². The number of nitrogens with zero attached hydrogens (tertiary/aromatic N) is 2. The Bertz CT molecular complexity index is 337. The highest BCUT2D eigenvalue weighted by molar-refractivity contribution is 5.85. The molecule has 1 amide bonds. The van der Waals surface area contributed by atoms with Crippen molar-refractivity contribution < 1.29 is 4.79 Å². The van der Waals surface area contributed by atoms with Crippen LogP contribution >= 0.6 is 0 Å². The summed E-state index contributed by atoms with van der Waals surface area (Å²) in [7, 11) is 0. The summed E-state index contributed by atoms with van der Waals surface area (Å²) in [5, 5.41) is 2.92. The van der Waals surface area contributed by atoms with E-state index in [0.29, 0.717) is 12.0 Å². The van der Waals surface area contributed by atoms with Crippen molar-refractivity contribution in [1.82, 2.24) is 10.2 Å². The highest BCUT2D eigenvalue weighted by atomic mass is 16.2.